The first-order valence-electron chi connectivity index (χ1n) is 11.4. The number of benzene rings is 1. The van der Waals surface area contributed by atoms with Crippen molar-refractivity contribution in [2.24, 2.45) is 5.41 Å². The number of nitrogens with zero attached hydrogens (tertiary/aromatic N) is 2. The van der Waals surface area contributed by atoms with E-state index in [2.05, 4.69) is 33.8 Å². The molecule has 0 amide bonds. The monoisotopic (exact) mass is 446 g/mol. The summed E-state index contributed by atoms with van der Waals surface area (Å²) < 4.78 is 7.19. The van der Waals surface area contributed by atoms with Crippen LogP contribution in [0, 0.1) is 40.0 Å². The van der Waals surface area contributed by atoms with Crippen molar-refractivity contribution in [3.8, 4) is 11.4 Å². The van der Waals surface area contributed by atoms with Gasteiger partial charge in [-0.1, -0.05) is 0 Å². The average molecular weight is 447 g/mol. The summed E-state index contributed by atoms with van der Waals surface area (Å²) in [5.74, 6) is -0.519. The van der Waals surface area contributed by atoms with Crippen LogP contribution in [0.4, 0.5) is 0 Å². The minimum atomic E-state index is -1.58. The van der Waals surface area contributed by atoms with Crippen molar-refractivity contribution in [3.05, 3.63) is 60.9 Å². The molecule has 1 atom stereocenters. The molecule has 5 rings (SSSR count). The number of ether oxygens (including phenoxy) is 1. The molecule has 4 heterocycles. The SMILES string of the molecule is Cc1cc2nc3c(c(C)c2c(C)c1C)Cn1c-3c(C)c2c(c1=O)COC(=O)C(C)(C)C2(C)O. The molecule has 2 aliphatic heterocycles. The number of carbonyl (C=O) groups is 1. The number of hydrogen-bond acceptors (Lipinski definition) is 5. The van der Waals surface area contributed by atoms with Crippen molar-refractivity contribution in [1.82, 2.24) is 9.55 Å². The standard InChI is InChI=1S/C27H30N2O4/c1-12-9-19-20(14(3)13(12)2)15(4)17-10-29-23(22(17)28-19)16(5)21-18(24(29)30)11-33-25(31)26(6,7)27(21,8)32/h9,32H,10-11H2,1-8H3. The molecular formula is C27H30N2O4. The number of carbonyl (C=O) groups excluding carboxylic acids is 1. The molecule has 0 radical (unpaired) electrons. The van der Waals surface area contributed by atoms with Crippen molar-refractivity contribution in [2.45, 2.75) is 74.1 Å². The van der Waals surface area contributed by atoms with Gasteiger partial charge < -0.3 is 14.4 Å². The normalized spacial score (nSPS) is 20.8. The van der Waals surface area contributed by atoms with Gasteiger partial charge >= 0.3 is 5.97 Å². The molecule has 3 aromatic rings. The predicted octanol–water partition coefficient (Wildman–Crippen LogP) is 4.26. The third kappa shape index (κ3) is 2.56. The highest BCUT2D eigenvalue weighted by atomic mass is 16.5. The van der Waals surface area contributed by atoms with E-state index in [4.69, 9.17) is 9.72 Å². The van der Waals surface area contributed by atoms with Gasteiger partial charge in [0.05, 0.1) is 34.4 Å². The van der Waals surface area contributed by atoms with Crippen LogP contribution in [0.25, 0.3) is 22.3 Å². The first-order valence-corrected chi connectivity index (χ1v) is 11.4. The number of rotatable bonds is 0. The summed E-state index contributed by atoms with van der Waals surface area (Å²) in [6, 6.07) is 2.11. The summed E-state index contributed by atoms with van der Waals surface area (Å²) in [6.07, 6.45) is 0. The Balaban J connectivity index is 1.89. The first-order chi connectivity index (χ1) is 15.3. The number of cyclic esters (lactones) is 1. The van der Waals surface area contributed by atoms with Crippen LogP contribution in [0.1, 0.15) is 65.3 Å². The van der Waals surface area contributed by atoms with Crippen LogP contribution in [-0.2, 0) is 28.3 Å². The van der Waals surface area contributed by atoms with Gasteiger partial charge in [0.25, 0.3) is 5.56 Å². The molecule has 0 fully saturated rings. The molecule has 1 aromatic carbocycles. The predicted molar refractivity (Wildman–Crippen MR) is 127 cm³/mol. The first kappa shape index (κ1) is 21.8. The van der Waals surface area contributed by atoms with Gasteiger partial charge in [-0.3, -0.25) is 9.59 Å². The average Bonchev–Trinajstić information content (AvgIpc) is 3.10. The van der Waals surface area contributed by atoms with Gasteiger partial charge in [0.15, 0.2) is 0 Å². The van der Waals surface area contributed by atoms with Gasteiger partial charge in [-0.25, -0.2) is 4.98 Å². The Bertz CT molecular complexity index is 1470. The second kappa shape index (κ2) is 6.54. The largest absolute Gasteiger partial charge is 0.460 e. The highest BCUT2D eigenvalue weighted by molar-refractivity contribution is 5.92. The van der Waals surface area contributed by atoms with E-state index >= 15 is 0 Å². The molecule has 1 unspecified atom stereocenters. The number of fused-ring (bicyclic) bond motifs is 5. The molecular weight excluding hydrogens is 416 g/mol. The van der Waals surface area contributed by atoms with Crippen molar-refractivity contribution in [1.29, 1.82) is 0 Å². The maximum Gasteiger partial charge on any atom is 0.315 e. The zero-order chi connectivity index (χ0) is 24.2. The summed E-state index contributed by atoms with van der Waals surface area (Å²) >= 11 is 0. The molecule has 0 saturated carbocycles. The molecule has 33 heavy (non-hydrogen) atoms. The lowest BCUT2D eigenvalue weighted by molar-refractivity contribution is -0.169. The smallest absolute Gasteiger partial charge is 0.315 e. The van der Waals surface area contributed by atoms with Crippen molar-refractivity contribution in [2.75, 3.05) is 0 Å². The zero-order valence-electron chi connectivity index (χ0n) is 20.6. The zero-order valence-corrected chi connectivity index (χ0v) is 20.6. The Kier molecular flexibility index (Phi) is 4.32. The van der Waals surface area contributed by atoms with Gasteiger partial charge in [-0.15, -0.1) is 0 Å². The second-order valence-electron chi connectivity index (χ2n) is 10.4. The maximum atomic E-state index is 13.7. The van der Waals surface area contributed by atoms with Crippen LogP contribution < -0.4 is 5.56 Å². The minimum absolute atomic E-state index is 0.143. The summed E-state index contributed by atoms with van der Waals surface area (Å²) in [6.45, 7) is 15.5. The number of aryl methyl sites for hydroxylation is 3. The van der Waals surface area contributed by atoms with E-state index in [-0.39, 0.29) is 12.2 Å². The molecule has 0 bridgehead atoms. The van der Waals surface area contributed by atoms with Crippen LogP contribution in [0.5, 0.6) is 0 Å². The summed E-state index contributed by atoms with van der Waals surface area (Å²) in [5, 5.41) is 12.8. The molecule has 2 aliphatic rings. The molecule has 1 N–H and O–H groups in total. The Hall–Kier alpha value is -2.99. The van der Waals surface area contributed by atoms with E-state index in [1.54, 1.807) is 25.3 Å². The Labute approximate surface area is 193 Å². The number of aromatic nitrogens is 2. The fourth-order valence-electron chi connectivity index (χ4n) is 5.68. The molecule has 172 valence electrons. The van der Waals surface area contributed by atoms with Gasteiger partial charge in [0.1, 0.15) is 12.2 Å². The van der Waals surface area contributed by atoms with E-state index in [9.17, 15) is 14.7 Å². The molecule has 0 saturated heterocycles. The number of esters is 1. The summed E-state index contributed by atoms with van der Waals surface area (Å²) in [4.78, 5) is 31.4. The van der Waals surface area contributed by atoms with Gasteiger partial charge in [-0.05, 0) is 89.3 Å². The van der Waals surface area contributed by atoms with E-state index in [1.807, 2.05) is 6.92 Å². The minimum Gasteiger partial charge on any atom is -0.460 e. The van der Waals surface area contributed by atoms with Crippen molar-refractivity contribution < 1.29 is 14.6 Å². The lowest BCUT2D eigenvalue weighted by Crippen LogP contribution is -2.45. The van der Waals surface area contributed by atoms with E-state index in [0.717, 1.165) is 39.0 Å². The Morgan fingerprint density at radius 2 is 1.64 bits per heavy atom. The second-order valence-corrected chi connectivity index (χ2v) is 10.4. The lowest BCUT2D eigenvalue weighted by Gasteiger charge is -2.37. The summed E-state index contributed by atoms with van der Waals surface area (Å²) in [5.41, 5.74) is 6.80. The van der Waals surface area contributed by atoms with E-state index in [1.165, 1.54) is 16.7 Å². The summed E-state index contributed by atoms with van der Waals surface area (Å²) in [7, 11) is 0. The molecule has 2 aromatic heterocycles. The van der Waals surface area contributed by atoms with Gasteiger partial charge in [0, 0.05) is 16.5 Å². The lowest BCUT2D eigenvalue weighted by atomic mass is 9.70. The quantitative estimate of drug-likeness (QED) is 0.408. The Morgan fingerprint density at radius 3 is 2.30 bits per heavy atom. The molecule has 6 nitrogen and oxygen atoms in total. The third-order valence-corrected chi connectivity index (χ3v) is 8.39. The van der Waals surface area contributed by atoms with Crippen LogP contribution in [-0.4, -0.2) is 20.6 Å². The number of hydrogen-bond donors (Lipinski definition) is 1. The van der Waals surface area contributed by atoms with Crippen LogP contribution in [0.2, 0.25) is 0 Å². The van der Waals surface area contributed by atoms with Crippen LogP contribution in [0.3, 0.4) is 0 Å². The third-order valence-electron chi connectivity index (χ3n) is 8.39. The number of pyridine rings is 2. The van der Waals surface area contributed by atoms with E-state index in [0.29, 0.717) is 17.7 Å². The Morgan fingerprint density at radius 1 is 0.970 bits per heavy atom. The van der Waals surface area contributed by atoms with Crippen molar-refractivity contribution >= 4 is 16.9 Å². The molecule has 0 aliphatic carbocycles. The van der Waals surface area contributed by atoms with Crippen molar-refractivity contribution in [3.63, 3.8) is 0 Å². The molecule has 0 spiro atoms. The molecule has 6 heteroatoms. The number of aliphatic hydroxyl groups is 1. The highest BCUT2D eigenvalue weighted by Gasteiger charge is 2.52. The highest BCUT2D eigenvalue weighted by Crippen LogP contribution is 2.48. The van der Waals surface area contributed by atoms with Gasteiger partial charge in [0.2, 0.25) is 0 Å². The maximum absolute atomic E-state index is 13.7. The fraction of sp³-hybridized carbons (Fsp3) is 0.444. The fourth-order valence-corrected chi connectivity index (χ4v) is 5.68. The topological polar surface area (TPSA) is 81.4 Å². The van der Waals surface area contributed by atoms with Gasteiger partial charge in [-0.2, -0.15) is 0 Å². The van der Waals surface area contributed by atoms with Crippen LogP contribution >= 0.6 is 0 Å². The van der Waals surface area contributed by atoms with E-state index < -0.39 is 17.0 Å². The van der Waals surface area contributed by atoms with Crippen LogP contribution in [0.15, 0.2) is 10.9 Å².